The summed E-state index contributed by atoms with van der Waals surface area (Å²) in [6.45, 7) is 0. The zero-order chi connectivity index (χ0) is 16.1. The molecule has 1 heterocycles. The average molecular weight is 324 g/mol. The van der Waals surface area contributed by atoms with Gasteiger partial charge in [-0.2, -0.15) is 5.10 Å². The van der Waals surface area contributed by atoms with Gasteiger partial charge in [-0.15, -0.1) is 11.3 Å². The van der Waals surface area contributed by atoms with Crippen LogP contribution in [0.2, 0.25) is 0 Å². The van der Waals surface area contributed by atoms with E-state index in [0.29, 0.717) is 16.5 Å². The van der Waals surface area contributed by atoms with E-state index in [9.17, 15) is 5.11 Å². The Balaban J connectivity index is 1.72. The predicted octanol–water partition coefficient (Wildman–Crippen LogP) is 3.47. The molecule has 116 valence electrons. The summed E-state index contributed by atoms with van der Waals surface area (Å²) in [5.41, 5.74) is 11.3. The van der Waals surface area contributed by atoms with E-state index in [0.717, 1.165) is 12.0 Å². The summed E-state index contributed by atoms with van der Waals surface area (Å²) < 4.78 is 0. The second-order valence-corrected chi connectivity index (χ2v) is 5.86. The van der Waals surface area contributed by atoms with Crippen molar-refractivity contribution in [1.29, 1.82) is 0 Å². The van der Waals surface area contributed by atoms with Gasteiger partial charge in [-0.05, 0) is 29.7 Å². The number of hydrogen-bond acceptors (Lipinski definition) is 6. The number of nitrogens with zero attached hydrogens (tertiary/aromatic N) is 2. The quantitative estimate of drug-likeness (QED) is 0.496. The zero-order valence-electron chi connectivity index (χ0n) is 12.3. The second-order valence-electron chi connectivity index (χ2n) is 5.00. The Hall–Kier alpha value is -2.86. The van der Waals surface area contributed by atoms with Gasteiger partial charge in [0.25, 0.3) is 0 Å². The summed E-state index contributed by atoms with van der Waals surface area (Å²) in [5, 5.41) is 16.4. The molecule has 4 N–H and O–H groups in total. The Bertz CT molecular complexity index is 814. The smallest absolute Gasteiger partial charge is 0.205 e. The van der Waals surface area contributed by atoms with Gasteiger partial charge in [-0.25, -0.2) is 4.98 Å². The van der Waals surface area contributed by atoms with E-state index in [1.165, 1.54) is 16.9 Å². The monoisotopic (exact) mass is 324 g/mol. The highest BCUT2D eigenvalue weighted by Crippen LogP contribution is 2.20. The molecule has 5 nitrogen and oxygen atoms in total. The number of phenolic OH excluding ortho intramolecular Hbond substituents is 1. The summed E-state index contributed by atoms with van der Waals surface area (Å²) in [4.78, 5) is 4.05. The fourth-order valence-electron chi connectivity index (χ4n) is 2.14. The molecule has 0 saturated carbocycles. The van der Waals surface area contributed by atoms with Gasteiger partial charge in [-0.3, -0.25) is 5.43 Å². The molecule has 0 bridgehead atoms. The lowest BCUT2D eigenvalue weighted by atomic mass is 10.0. The van der Waals surface area contributed by atoms with Gasteiger partial charge in [0, 0.05) is 10.9 Å². The number of rotatable bonds is 5. The largest absolute Gasteiger partial charge is 0.507 e. The van der Waals surface area contributed by atoms with Gasteiger partial charge in [0.05, 0.1) is 6.21 Å². The minimum Gasteiger partial charge on any atom is -0.507 e. The third-order valence-electron chi connectivity index (χ3n) is 3.23. The van der Waals surface area contributed by atoms with Crippen LogP contribution in [0.15, 0.2) is 59.0 Å². The molecular weight excluding hydrogens is 308 g/mol. The lowest BCUT2D eigenvalue weighted by Crippen LogP contribution is -1.94. The lowest BCUT2D eigenvalue weighted by Gasteiger charge is -2.05. The number of anilines is 2. The minimum atomic E-state index is 0.186. The molecule has 0 unspecified atom stereocenters. The van der Waals surface area contributed by atoms with E-state index in [1.807, 2.05) is 30.3 Å². The normalized spacial score (nSPS) is 11.0. The first-order valence-electron chi connectivity index (χ1n) is 7.06. The Morgan fingerprint density at radius 3 is 2.74 bits per heavy atom. The maximum absolute atomic E-state index is 9.95. The fraction of sp³-hybridized carbons (Fsp3) is 0.0588. The van der Waals surface area contributed by atoms with E-state index < -0.39 is 0 Å². The number of hydrazone groups is 1. The van der Waals surface area contributed by atoms with Crippen molar-refractivity contribution in [2.24, 2.45) is 5.10 Å². The molecule has 0 atom stereocenters. The van der Waals surface area contributed by atoms with Gasteiger partial charge in [0.15, 0.2) is 0 Å². The lowest BCUT2D eigenvalue weighted by molar-refractivity contribution is 0.474. The van der Waals surface area contributed by atoms with Crippen LogP contribution in [-0.4, -0.2) is 16.3 Å². The van der Waals surface area contributed by atoms with E-state index >= 15 is 0 Å². The number of aromatic nitrogens is 1. The van der Waals surface area contributed by atoms with Gasteiger partial charge in [-0.1, -0.05) is 36.4 Å². The Kier molecular flexibility index (Phi) is 4.54. The molecule has 0 spiro atoms. The molecule has 0 radical (unpaired) electrons. The zero-order valence-corrected chi connectivity index (χ0v) is 13.1. The average Bonchev–Trinajstić information content (AvgIpc) is 2.97. The maximum atomic E-state index is 9.95. The third kappa shape index (κ3) is 4.08. The van der Waals surface area contributed by atoms with E-state index in [1.54, 1.807) is 17.7 Å². The van der Waals surface area contributed by atoms with Gasteiger partial charge in [0.1, 0.15) is 11.6 Å². The summed E-state index contributed by atoms with van der Waals surface area (Å²) >= 11 is 1.37. The molecule has 2 aromatic carbocycles. The first-order chi connectivity index (χ1) is 11.2. The van der Waals surface area contributed by atoms with Crippen LogP contribution in [0, 0.1) is 0 Å². The Labute approximate surface area is 138 Å². The molecule has 23 heavy (non-hydrogen) atoms. The highest BCUT2D eigenvalue weighted by molar-refractivity contribution is 7.14. The molecule has 0 aliphatic rings. The van der Waals surface area contributed by atoms with Crippen LogP contribution in [0.25, 0.3) is 0 Å². The highest BCUT2D eigenvalue weighted by atomic mass is 32.1. The summed E-state index contributed by atoms with van der Waals surface area (Å²) in [5.74, 6) is 0.645. The molecule has 0 amide bonds. The maximum Gasteiger partial charge on any atom is 0.205 e. The molecular formula is C17H16N4OS. The van der Waals surface area contributed by atoms with Crippen molar-refractivity contribution in [3.05, 3.63) is 70.6 Å². The number of benzene rings is 2. The molecule has 6 heteroatoms. The van der Waals surface area contributed by atoms with Crippen molar-refractivity contribution in [2.45, 2.75) is 6.42 Å². The third-order valence-corrected chi connectivity index (χ3v) is 3.99. The molecule has 0 saturated heterocycles. The molecule has 0 aliphatic heterocycles. The predicted molar refractivity (Wildman–Crippen MR) is 95.1 cm³/mol. The molecule has 0 aliphatic carbocycles. The van der Waals surface area contributed by atoms with Crippen LogP contribution >= 0.6 is 11.3 Å². The van der Waals surface area contributed by atoms with E-state index in [2.05, 4.69) is 27.6 Å². The van der Waals surface area contributed by atoms with Crippen molar-refractivity contribution in [3.8, 4) is 5.75 Å². The minimum absolute atomic E-state index is 0.186. The van der Waals surface area contributed by atoms with Crippen LogP contribution in [0.3, 0.4) is 0 Å². The van der Waals surface area contributed by atoms with Gasteiger partial charge in [0.2, 0.25) is 5.13 Å². The number of nitrogen functional groups attached to an aromatic ring is 1. The Morgan fingerprint density at radius 2 is 2.00 bits per heavy atom. The van der Waals surface area contributed by atoms with E-state index in [4.69, 9.17) is 5.73 Å². The van der Waals surface area contributed by atoms with Crippen molar-refractivity contribution in [3.63, 3.8) is 0 Å². The van der Waals surface area contributed by atoms with Crippen molar-refractivity contribution in [1.82, 2.24) is 4.98 Å². The van der Waals surface area contributed by atoms with Gasteiger partial charge < -0.3 is 10.8 Å². The van der Waals surface area contributed by atoms with E-state index in [-0.39, 0.29) is 5.75 Å². The Morgan fingerprint density at radius 1 is 1.17 bits per heavy atom. The first kappa shape index (κ1) is 15.1. The SMILES string of the molecule is Nc1csc(NN=Cc2cc(Cc3ccccc3)ccc2O)n1. The van der Waals surface area contributed by atoms with Crippen LogP contribution in [0.5, 0.6) is 5.75 Å². The van der Waals surface area contributed by atoms with Gasteiger partial charge >= 0.3 is 0 Å². The van der Waals surface area contributed by atoms with Crippen molar-refractivity contribution in [2.75, 3.05) is 11.2 Å². The van der Waals surface area contributed by atoms with Crippen LogP contribution < -0.4 is 11.2 Å². The summed E-state index contributed by atoms with van der Waals surface area (Å²) in [7, 11) is 0. The number of phenols is 1. The number of nitrogens with one attached hydrogen (secondary N) is 1. The van der Waals surface area contributed by atoms with Crippen molar-refractivity contribution < 1.29 is 5.11 Å². The first-order valence-corrected chi connectivity index (χ1v) is 7.94. The van der Waals surface area contributed by atoms with Crippen molar-refractivity contribution >= 4 is 28.5 Å². The van der Waals surface area contributed by atoms with Crippen LogP contribution in [0.1, 0.15) is 16.7 Å². The number of aromatic hydroxyl groups is 1. The fourth-order valence-corrected chi connectivity index (χ4v) is 2.69. The molecule has 3 aromatic rings. The standard InChI is InChI=1S/C17H16N4OS/c18-16-11-23-17(20-16)21-19-10-14-9-13(6-7-15(14)22)8-12-4-2-1-3-5-12/h1-7,9-11,22H,8,18H2,(H,20,21). The van der Waals surface area contributed by atoms with Crippen LogP contribution in [-0.2, 0) is 6.42 Å². The summed E-state index contributed by atoms with van der Waals surface area (Å²) in [6.07, 6.45) is 2.37. The molecule has 0 fully saturated rings. The number of thiazole rings is 1. The topological polar surface area (TPSA) is 83.5 Å². The van der Waals surface area contributed by atoms with Crippen LogP contribution in [0.4, 0.5) is 10.9 Å². The molecule has 1 aromatic heterocycles. The second kappa shape index (κ2) is 6.93. The highest BCUT2D eigenvalue weighted by Gasteiger charge is 2.02. The summed E-state index contributed by atoms with van der Waals surface area (Å²) in [6, 6.07) is 15.7. The molecule has 3 rings (SSSR count). The number of nitrogens with two attached hydrogens (primary N) is 1. The number of hydrogen-bond donors (Lipinski definition) is 3.